The van der Waals surface area contributed by atoms with Crippen LogP contribution in [-0.4, -0.2) is 16.1 Å². The number of rotatable bonds is 3. The van der Waals surface area contributed by atoms with Gasteiger partial charge in [0.15, 0.2) is 5.43 Å². The number of H-pyrrole nitrogens is 1. The van der Waals surface area contributed by atoms with Crippen LogP contribution in [0.3, 0.4) is 0 Å². The van der Waals surface area contributed by atoms with Crippen LogP contribution in [0.2, 0.25) is 0 Å². The number of nitrogens with one attached hydrogen (secondary N) is 1. The lowest BCUT2D eigenvalue weighted by molar-refractivity contribution is 0.0693. The predicted molar refractivity (Wildman–Crippen MR) is 57.5 cm³/mol. The fourth-order valence-corrected chi connectivity index (χ4v) is 1.51. The van der Waals surface area contributed by atoms with Crippen LogP contribution in [0.5, 0.6) is 0 Å². The number of aromatic nitrogens is 1. The van der Waals surface area contributed by atoms with Crippen LogP contribution in [0.1, 0.15) is 47.9 Å². The summed E-state index contributed by atoms with van der Waals surface area (Å²) in [4.78, 5) is 25.4. The van der Waals surface area contributed by atoms with E-state index in [4.69, 9.17) is 5.11 Å². The summed E-state index contributed by atoms with van der Waals surface area (Å²) in [7, 11) is 0. The van der Waals surface area contributed by atoms with E-state index in [2.05, 4.69) is 4.98 Å². The van der Waals surface area contributed by atoms with E-state index in [1.165, 1.54) is 6.07 Å². The molecule has 0 fully saturated rings. The molecule has 2 N–H and O–H groups in total. The van der Waals surface area contributed by atoms with E-state index < -0.39 is 11.4 Å². The molecular weight excluding hydrogens is 194 g/mol. The van der Waals surface area contributed by atoms with Gasteiger partial charge in [0.05, 0.1) is 0 Å². The van der Waals surface area contributed by atoms with Gasteiger partial charge in [-0.3, -0.25) is 4.79 Å². The van der Waals surface area contributed by atoms with Gasteiger partial charge in [0.1, 0.15) is 5.56 Å². The number of carbonyl (C=O) groups is 1. The summed E-state index contributed by atoms with van der Waals surface area (Å²) in [6.45, 7) is 5.60. The molecule has 0 aliphatic carbocycles. The number of aryl methyl sites for hydroxylation is 1. The van der Waals surface area contributed by atoms with Crippen LogP contribution < -0.4 is 5.43 Å². The molecule has 0 bridgehead atoms. The maximum absolute atomic E-state index is 11.5. The van der Waals surface area contributed by atoms with Gasteiger partial charge < -0.3 is 10.1 Å². The van der Waals surface area contributed by atoms with Crippen molar-refractivity contribution in [1.29, 1.82) is 0 Å². The van der Waals surface area contributed by atoms with Crippen molar-refractivity contribution in [3.8, 4) is 0 Å². The Hall–Kier alpha value is -1.58. The zero-order valence-electron chi connectivity index (χ0n) is 9.13. The Labute approximate surface area is 88.0 Å². The Morgan fingerprint density at radius 3 is 2.67 bits per heavy atom. The summed E-state index contributed by atoms with van der Waals surface area (Å²) in [5.74, 6) is -1.12. The third-order valence-electron chi connectivity index (χ3n) is 2.51. The Morgan fingerprint density at radius 1 is 1.60 bits per heavy atom. The van der Waals surface area contributed by atoms with Crippen LogP contribution in [0.4, 0.5) is 0 Å². The molecule has 0 aliphatic heterocycles. The van der Waals surface area contributed by atoms with Gasteiger partial charge in [0.2, 0.25) is 0 Å². The first-order valence-corrected chi connectivity index (χ1v) is 4.94. The molecule has 82 valence electrons. The van der Waals surface area contributed by atoms with Gasteiger partial charge in [-0.05, 0) is 19.3 Å². The fraction of sp³-hybridized carbons (Fsp3) is 0.455. The summed E-state index contributed by atoms with van der Waals surface area (Å²) in [6, 6.07) is 1.31. The molecule has 4 heteroatoms. The zero-order chi connectivity index (χ0) is 11.6. The van der Waals surface area contributed by atoms with Crippen molar-refractivity contribution in [2.45, 2.75) is 33.1 Å². The molecule has 0 amide bonds. The van der Waals surface area contributed by atoms with Crippen molar-refractivity contribution in [3.63, 3.8) is 0 Å². The predicted octanol–water partition coefficient (Wildman–Crippen LogP) is 1.90. The molecule has 0 spiro atoms. The van der Waals surface area contributed by atoms with E-state index in [1.54, 1.807) is 6.92 Å². The van der Waals surface area contributed by atoms with Gasteiger partial charge in [-0.1, -0.05) is 13.8 Å². The second-order valence-corrected chi connectivity index (χ2v) is 3.72. The molecular formula is C11H15NO3. The summed E-state index contributed by atoms with van der Waals surface area (Å²) >= 11 is 0. The van der Waals surface area contributed by atoms with Gasteiger partial charge in [-0.2, -0.15) is 0 Å². The van der Waals surface area contributed by atoms with Gasteiger partial charge in [-0.25, -0.2) is 4.79 Å². The number of hydrogen-bond donors (Lipinski definition) is 2. The van der Waals surface area contributed by atoms with E-state index in [0.29, 0.717) is 11.4 Å². The first kappa shape index (κ1) is 11.5. The van der Waals surface area contributed by atoms with E-state index in [-0.39, 0.29) is 11.5 Å². The minimum absolute atomic E-state index is 0.0451. The van der Waals surface area contributed by atoms with Crippen molar-refractivity contribution in [3.05, 3.63) is 33.2 Å². The highest BCUT2D eigenvalue weighted by atomic mass is 16.4. The minimum Gasteiger partial charge on any atom is -0.477 e. The van der Waals surface area contributed by atoms with Crippen molar-refractivity contribution in [2.24, 2.45) is 0 Å². The fourth-order valence-electron chi connectivity index (χ4n) is 1.51. The standard InChI is InChI=1S/C11H15NO3/c1-4-6(2)10-9(11(14)15)8(13)5-7(3)12-10/h5-6H,4H2,1-3H3,(H,12,13)(H,14,15). The quantitative estimate of drug-likeness (QED) is 0.798. The van der Waals surface area contributed by atoms with E-state index in [9.17, 15) is 9.59 Å². The number of aromatic carboxylic acids is 1. The van der Waals surface area contributed by atoms with Crippen LogP contribution in [-0.2, 0) is 0 Å². The van der Waals surface area contributed by atoms with Crippen molar-refractivity contribution in [2.75, 3.05) is 0 Å². The first-order valence-electron chi connectivity index (χ1n) is 4.94. The van der Waals surface area contributed by atoms with E-state index in [0.717, 1.165) is 6.42 Å². The van der Waals surface area contributed by atoms with Crippen LogP contribution in [0.15, 0.2) is 10.9 Å². The number of carboxylic acids is 1. The maximum Gasteiger partial charge on any atom is 0.341 e. The average molecular weight is 209 g/mol. The second-order valence-electron chi connectivity index (χ2n) is 3.72. The van der Waals surface area contributed by atoms with Gasteiger partial charge in [-0.15, -0.1) is 0 Å². The molecule has 15 heavy (non-hydrogen) atoms. The molecule has 0 aromatic carbocycles. The third kappa shape index (κ3) is 2.26. The van der Waals surface area contributed by atoms with Crippen molar-refractivity contribution < 1.29 is 9.90 Å². The Balaban J connectivity index is 3.47. The smallest absolute Gasteiger partial charge is 0.341 e. The largest absolute Gasteiger partial charge is 0.477 e. The summed E-state index contributed by atoms with van der Waals surface area (Å²) in [6.07, 6.45) is 0.791. The highest BCUT2D eigenvalue weighted by molar-refractivity contribution is 5.88. The zero-order valence-corrected chi connectivity index (χ0v) is 9.13. The average Bonchev–Trinajstić information content (AvgIpc) is 2.14. The van der Waals surface area contributed by atoms with Crippen LogP contribution in [0.25, 0.3) is 0 Å². The molecule has 1 aromatic heterocycles. The Bertz CT molecular complexity index is 434. The topological polar surface area (TPSA) is 70.2 Å². The highest BCUT2D eigenvalue weighted by Crippen LogP contribution is 2.18. The Morgan fingerprint density at radius 2 is 2.20 bits per heavy atom. The molecule has 1 atom stereocenters. The summed E-state index contributed by atoms with van der Waals surface area (Å²) in [5.41, 5.74) is 0.666. The van der Waals surface area contributed by atoms with Crippen LogP contribution >= 0.6 is 0 Å². The molecule has 0 saturated carbocycles. The number of hydrogen-bond acceptors (Lipinski definition) is 2. The van der Waals surface area contributed by atoms with Crippen molar-refractivity contribution >= 4 is 5.97 Å². The maximum atomic E-state index is 11.5. The second kappa shape index (κ2) is 4.29. The molecule has 1 aromatic rings. The minimum atomic E-state index is -1.16. The van der Waals surface area contributed by atoms with Gasteiger partial charge >= 0.3 is 5.97 Å². The van der Waals surface area contributed by atoms with E-state index >= 15 is 0 Å². The normalized spacial score (nSPS) is 12.5. The third-order valence-corrected chi connectivity index (χ3v) is 2.51. The van der Waals surface area contributed by atoms with Crippen LogP contribution in [0, 0.1) is 6.92 Å². The highest BCUT2D eigenvalue weighted by Gasteiger charge is 2.18. The summed E-state index contributed by atoms with van der Waals surface area (Å²) in [5, 5.41) is 8.96. The Kier molecular flexibility index (Phi) is 3.29. The summed E-state index contributed by atoms with van der Waals surface area (Å²) < 4.78 is 0. The molecule has 4 nitrogen and oxygen atoms in total. The number of aromatic amines is 1. The van der Waals surface area contributed by atoms with Gasteiger partial charge in [0, 0.05) is 17.5 Å². The SMILES string of the molecule is CCC(C)c1[nH]c(C)cc(=O)c1C(=O)O. The molecule has 0 aliphatic rings. The molecule has 0 radical (unpaired) electrons. The number of carboxylic acid groups (broad SMARTS) is 1. The first-order chi connectivity index (χ1) is 6.97. The lowest BCUT2D eigenvalue weighted by Crippen LogP contribution is -2.20. The molecule has 1 heterocycles. The monoisotopic (exact) mass is 209 g/mol. The molecule has 1 rings (SSSR count). The molecule has 1 unspecified atom stereocenters. The van der Waals surface area contributed by atoms with E-state index in [1.807, 2.05) is 13.8 Å². The van der Waals surface area contributed by atoms with Crippen molar-refractivity contribution in [1.82, 2.24) is 4.98 Å². The van der Waals surface area contributed by atoms with Gasteiger partial charge in [0.25, 0.3) is 0 Å². The number of pyridine rings is 1. The lowest BCUT2D eigenvalue weighted by atomic mass is 9.99. The lowest BCUT2D eigenvalue weighted by Gasteiger charge is -2.12. The molecule has 0 saturated heterocycles.